The first-order valence-electron chi connectivity index (χ1n) is 6.82. The van der Waals surface area contributed by atoms with E-state index in [1.807, 2.05) is 0 Å². The maximum absolute atomic E-state index is 4.73. The molecule has 2 rings (SSSR count). The molecular weight excluding hydrogens is 242 g/mol. The van der Waals surface area contributed by atoms with Gasteiger partial charge in [0.15, 0.2) is 0 Å². The van der Waals surface area contributed by atoms with Crippen LogP contribution in [0.25, 0.3) is 0 Å². The van der Waals surface area contributed by atoms with Gasteiger partial charge in [0.25, 0.3) is 0 Å². The zero-order valence-corrected chi connectivity index (χ0v) is 12.8. The molecule has 0 amide bonds. The number of likely N-dealkylation sites (tertiary alicyclic amines) is 1. The van der Waals surface area contributed by atoms with Gasteiger partial charge in [0.1, 0.15) is 5.01 Å². The molecule has 4 heteroatoms. The first-order valence-corrected chi connectivity index (χ1v) is 7.70. The van der Waals surface area contributed by atoms with E-state index in [0.29, 0.717) is 6.04 Å². The molecular formula is C14H25N3S. The predicted molar refractivity (Wildman–Crippen MR) is 78.2 cm³/mol. The van der Waals surface area contributed by atoms with Crippen molar-refractivity contribution < 1.29 is 0 Å². The van der Waals surface area contributed by atoms with Gasteiger partial charge in [-0.3, -0.25) is 0 Å². The van der Waals surface area contributed by atoms with Crippen molar-refractivity contribution in [2.75, 3.05) is 20.1 Å². The number of hydrogen-bond donors (Lipinski definition) is 1. The van der Waals surface area contributed by atoms with Gasteiger partial charge >= 0.3 is 0 Å². The van der Waals surface area contributed by atoms with E-state index in [1.54, 1.807) is 11.3 Å². The number of thiazole rings is 1. The lowest BCUT2D eigenvalue weighted by Gasteiger charge is -2.29. The molecule has 1 fully saturated rings. The minimum atomic E-state index is 0.169. The summed E-state index contributed by atoms with van der Waals surface area (Å²) >= 11 is 1.78. The fourth-order valence-corrected chi connectivity index (χ4v) is 3.15. The first-order chi connectivity index (χ1) is 8.45. The third-order valence-corrected chi connectivity index (χ3v) is 4.43. The van der Waals surface area contributed by atoms with Gasteiger partial charge in [-0.15, -0.1) is 11.3 Å². The molecule has 18 heavy (non-hydrogen) atoms. The highest BCUT2D eigenvalue weighted by Gasteiger charge is 2.19. The summed E-state index contributed by atoms with van der Waals surface area (Å²) in [4.78, 5) is 7.13. The lowest BCUT2D eigenvalue weighted by atomic mass is 9.93. The zero-order valence-electron chi connectivity index (χ0n) is 12.0. The van der Waals surface area contributed by atoms with Crippen LogP contribution in [0.5, 0.6) is 0 Å². The van der Waals surface area contributed by atoms with E-state index in [0.717, 1.165) is 6.54 Å². The van der Waals surface area contributed by atoms with Crippen molar-refractivity contribution in [1.82, 2.24) is 15.2 Å². The molecule has 0 spiro atoms. The first kappa shape index (κ1) is 14.0. The molecule has 0 atom stereocenters. The Labute approximate surface area is 115 Å². The van der Waals surface area contributed by atoms with Crippen molar-refractivity contribution in [3.05, 3.63) is 16.1 Å². The molecule has 0 saturated carbocycles. The quantitative estimate of drug-likeness (QED) is 0.912. The topological polar surface area (TPSA) is 28.2 Å². The SMILES string of the molecule is CN1CCC(NCc2nc(C(C)(C)C)cs2)CC1. The van der Waals surface area contributed by atoms with Crippen molar-refractivity contribution in [2.45, 2.75) is 51.6 Å². The summed E-state index contributed by atoms with van der Waals surface area (Å²) in [6.07, 6.45) is 2.52. The fraction of sp³-hybridized carbons (Fsp3) is 0.786. The Morgan fingerprint density at radius 1 is 1.39 bits per heavy atom. The van der Waals surface area contributed by atoms with Crippen molar-refractivity contribution in [1.29, 1.82) is 0 Å². The van der Waals surface area contributed by atoms with Crippen molar-refractivity contribution in [3.63, 3.8) is 0 Å². The van der Waals surface area contributed by atoms with Gasteiger partial charge in [0.2, 0.25) is 0 Å². The molecule has 0 aliphatic carbocycles. The number of nitrogens with zero attached hydrogens (tertiary/aromatic N) is 2. The minimum Gasteiger partial charge on any atom is -0.308 e. The molecule has 1 aromatic heterocycles. The van der Waals surface area contributed by atoms with Crippen molar-refractivity contribution in [3.8, 4) is 0 Å². The summed E-state index contributed by atoms with van der Waals surface area (Å²) in [6.45, 7) is 10.0. The molecule has 0 radical (unpaired) electrons. The van der Waals surface area contributed by atoms with Gasteiger partial charge in [0, 0.05) is 23.4 Å². The van der Waals surface area contributed by atoms with E-state index in [2.05, 4.69) is 43.4 Å². The van der Waals surface area contributed by atoms with Crippen LogP contribution < -0.4 is 5.32 Å². The van der Waals surface area contributed by atoms with E-state index >= 15 is 0 Å². The third kappa shape index (κ3) is 3.77. The Balaban J connectivity index is 1.82. The fourth-order valence-electron chi connectivity index (χ4n) is 2.18. The van der Waals surface area contributed by atoms with E-state index < -0.39 is 0 Å². The van der Waals surface area contributed by atoms with E-state index in [9.17, 15) is 0 Å². The van der Waals surface area contributed by atoms with Crippen LogP contribution in [-0.4, -0.2) is 36.1 Å². The molecule has 1 aliphatic heterocycles. The number of hydrogen-bond acceptors (Lipinski definition) is 4. The summed E-state index contributed by atoms with van der Waals surface area (Å²) in [5.74, 6) is 0. The minimum absolute atomic E-state index is 0.169. The average Bonchev–Trinajstić information content (AvgIpc) is 2.77. The third-order valence-electron chi connectivity index (χ3n) is 3.58. The second-order valence-electron chi connectivity index (χ2n) is 6.33. The summed E-state index contributed by atoms with van der Waals surface area (Å²) in [6, 6.07) is 0.670. The van der Waals surface area contributed by atoms with Crippen LogP contribution in [-0.2, 0) is 12.0 Å². The monoisotopic (exact) mass is 267 g/mol. The van der Waals surface area contributed by atoms with E-state index in [-0.39, 0.29) is 5.41 Å². The molecule has 0 aromatic carbocycles. The Morgan fingerprint density at radius 3 is 2.61 bits per heavy atom. The number of piperidine rings is 1. The van der Waals surface area contributed by atoms with Crippen LogP contribution in [0, 0.1) is 0 Å². The standard InChI is InChI=1S/C14H25N3S/c1-14(2,3)12-10-18-13(16-12)9-15-11-5-7-17(4)8-6-11/h10-11,15H,5-9H2,1-4H3. The molecule has 102 valence electrons. The largest absolute Gasteiger partial charge is 0.308 e. The van der Waals surface area contributed by atoms with Gasteiger partial charge < -0.3 is 10.2 Å². The van der Waals surface area contributed by atoms with Crippen molar-refractivity contribution in [2.24, 2.45) is 0 Å². The van der Waals surface area contributed by atoms with Gasteiger partial charge in [0.05, 0.1) is 5.69 Å². The zero-order chi connectivity index (χ0) is 13.2. The summed E-state index contributed by atoms with van der Waals surface area (Å²) in [5, 5.41) is 7.07. The second-order valence-corrected chi connectivity index (χ2v) is 7.28. The Bertz CT molecular complexity index is 373. The highest BCUT2D eigenvalue weighted by molar-refractivity contribution is 7.09. The summed E-state index contributed by atoms with van der Waals surface area (Å²) < 4.78 is 0. The molecule has 0 unspecified atom stereocenters. The number of rotatable bonds is 3. The Hall–Kier alpha value is -0.450. The van der Waals surface area contributed by atoms with Crippen LogP contribution in [0.4, 0.5) is 0 Å². The van der Waals surface area contributed by atoms with Crippen LogP contribution in [0.2, 0.25) is 0 Å². The molecule has 1 aliphatic rings. The number of nitrogens with one attached hydrogen (secondary N) is 1. The molecule has 0 bridgehead atoms. The maximum atomic E-state index is 4.73. The second kappa shape index (κ2) is 5.68. The molecule has 1 saturated heterocycles. The molecule has 1 aromatic rings. The van der Waals surface area contributed by atoms with Crippen molar-refractivity contribution >= 4 is 11.3 Å². The van der Waals surface area contributed by atoms with E-state index in [4.69, 9.17) is 4.98 Å². The molecule has 3 nitrogen and oxygen atoms in total. The predicted octanol–water partition coefficient (Wildman–Crippen LogP) is 2.62. The average molecular weight is 267 g/mol. The Morgan fingerprint density at radius 2 is 2.06 bits per heavy atom. The van der Waals surface area contributed by atoms with Gasteiger partial charge in [-0.25, -0.2) is 4.98 Å². The lowest BCUT2D eigenvalue weighted by Crippen LogP contribution is -2.40. The highest BCUT2D eigenvalue weighted by Crippen LogP contribution is 2.24. The molecule has 1 N–H and O–H groups in total. The van der Waals surface area contributed by atoms with Gasteiger partial charge in [-0.2, -0.15) is 0 Å². The molecule has 2 heterocycles. The van der Waals surface area contributed by atoms with E-state index in [1.165, 1.54) is 36.6 Å². The van der Waals surface area contributed by atoms with Gasteiger partial charge in [-0.1, -0.05) is 20.8 Å². The number of aromatic nitrogens is 1. The maximum Gasteiger partial charge on any atom is 0.107 e. The van der Waals surface area contributed by atoms with Crippen LogP contribution in [0.15, 0.2) is 5.38 Å². The highest BCUT2D eigenvalue weighted by atomic mass is 32.1. The van der Waals surface area contributed by atoms with Crippen LogP contribution in [0.3, 0.4) is 0 Å². The smallest absolute Gasteiger partial charge is 0.107 e. The normalized spacial score (nSPS) is 19.3. The lowest BCUT2D eigenvalue weighted by molar-refractivity contribution is 0.234. The summed E-state index contributed by atoms with van der Waals surface area (Å²) in [5.41, 5.74) is 1.38. The Kier molecular flexibility index (Phi) is 4.41. The van der Waals surface area contributed by atoms with Gasteiger partial charge in [-0.05, 0) is 33.0 Å². The summed E-state index contributed by atoms with van der Waals surface area (Å²) in [7, 11) is 2.20. The van der Waals surface area contributed by atoms with Crippen LogP contribution in [0.1, 0.15) is 44.3 Å². The van der Waals surface area contributed by atoms with Crippen LogP contribution >= 0.6 is 11.3 Å².